The first-order valence-electron chi connectivity index (χ1n) is 13.6. The van der Waals surface area contributed by atoms with E-state index in [1.807, 2.05) is 41.3 Å². The highest BCUT2D eigenvalue weighted by molar-refractivity contribution is 9.10. The summed E-state index contributed by atoms with van der Waals surface area (Å²) in [6, 6.07) is 20.6. The molecular formula is C31H28Br2N4O4. The van der Waals surface area contributed by atoms with Gasteiger partial charge in [-0.05, 0) is 78.4 Å². The molecule has 2 heterocycles. The number of hydrogen-bond donors (Lipinski definition) is 0. The monoisotopic (exact) mass is 678 g/mol. The molecule has 3 aromatic rings. The average molecular weight is 680 g/mol. The van der Waals surface area contributed by atoms with Crippen molar-refractivity contribution in [1.29, 1.82) is 0 Å². The van der Waals surface area contributed by atoms with Crippen molar-refractivity contribution in [2.45, 2.75) is 25.3 Å². The Kier molecular flexibility index (Phi) is 8.05. The molecule has 210 valence electrons. The molecule has 1 saturated carbocycles. The van der Waals surface area contributed by atoms with Gasteiger partial charge in [-0.3, -0.25) is 14.9 Å². The van der Waals surface area contributed by atoms with Gasteiger partial charge in [-0.25, -0.2) is 5.01 Å². The van der Waals surface area contributed by atoms with E-state index in [1.54, 1.807) is 17.1 Å². The number of hydrogen-bond acceptors (Lipinski definition) is 6. The standard InChI is InChI=1S/C31H28Br2N4O4/c32-24-9-4-20(5-10-24)18-22-2-1-3-26-29(22)34-36(30(26)21-6-11-25(33)12-7-21)31(38)23-8-13-27(28(19-23)37(39)40)35-14-16-41-17-15-35/h4-13,18-19,26,30H,1-3,14-17H2/b22-18-/t26-,30+/m1/s1. The number of morpholine rings is 1. The summed E-state index contributed by atoms with van der Waals surface area (Å²) >= 11 is 7.02. The second-order valence-corrected chi connectivity index (χ2v) is 12.2. The minimum Gasteiger partial charge on any atom is -0.378 e. The second-order valence-electron chi connectivity index (χ2n) is 10.4. The van der Waals surface area contributed by atoms with Crippen LogP contribution in [0.2, 0.25) is 0 Å². The van der Waals surface area contributed by atoms with Crippen LogP contribution in [0, 0.1) is 16.0 Å². The van der Waals surface area contributed by atoms with Crippen molar-refractivity contribution in [3.63, 3.8) is 0 Å². The molecule has 0 radical (unpaired) electrons. The lowest BCUT2D eigenvalue weighted by Gasteiger charge is -2.30. The number of nitrogens with zero attached hydrogens (tertiary/aromatic N) is 4. The zero-order valence-corrected chi connectivity index (χ0v) is 25.4. The minimum absolute atomic E-state index is 0.0261. The van der Waals surface area contributed by atoms with Gasteiger partial charge in [-0.2, -0.15) is 5.10 Å². The lowest BCUT2D eigenvalue weighted by molar-refractivity contribution is -0.384. The third kappa shape index (κ3) is 5.73. The number of anilines is 1. The molecule has 2 aliphatic heterocycles. The minimum atomic E-state index is -0.414. The van der Waals surface area contributed by atoms with Gasteiger partial charge >= 0.3 is 0 Å². The fourth-order valence-corrected chi connectivity index (χ4v) is 6.46. The number of amides is 1. The molecule has 3 aromatic carbocycles. The predicted molar refractivity (Wildman–Crippen MR) is 166 cm³/mol. The molecule has 0 spiro atoms. The van der Waals surface area contributed by atoms with Gasteiger partial charge in [0.25, 0.3) is 11.6 Å². The molecule has 3 aliphatic rings. The average Bonchev–Trinajstić information content (AvgIpc) is 3.39. The normalized spacial score (nSPS) is 21.5. The topological polar surface area (TPSA) is 88.3 Å². The second kappa shape index (κ2) is 11.9. The van der Waals surface area contributed by atoms with E-state index < -0.39 is 4.92 Å². The molecule has 2 atom stereocenters. The lowest BCUT2D eigenvalue weighted by Crippen LogP contribution is -2.36. The molecular weight excluding hydrogens is 652 g/mol. The number of fused-ring (bicyclic) bond motifs is 1. The van der Waals surface area contributed by atoms with Crippen molar-refractivity contribution >= 4 is 60.9 Å². The highest BCUT2D eigenvalue weighted by Gasteiger charge is 2.44. The molecule has 0 aromatic heterocycles. The number of benzene rings is 3. The van der Waals surface area contributed by atoms with Crippen LogP contribution in [0.25, 0.3) is 6.08 Å². The smallest absolute Gasteiger partial charge is 0.293 e. The van der Waals surface area contributed by atoms with E-state index in [4.69, 9.17) is 9.84 Å². The Bertz CT molecular complexity index is 1530. The van der Waals surface area contributed by atoms with E-state index in [0.29, 0.717) is 32.0 Å². The zero-order chi connectivity index (χ0) is 28.5. The molecule has 2 fully saturated rings. The number of nitro groups is 1. The number of halogens is 2. The lowest BCUT2D eigenvalue weighted by atomic mass is 9.77. The Balaban J connectivity index is 1.40. The summed E-state index contributed by atoms with van der Waals surface area (Å²) in [4.78, 5) is 27.8. The molecule has 1 saturated heterocycles. The molecule has 8 nitrogen and oxygen atoms in total. The van der Waals surface area contributed by atoms with Gasteiger partial charge in [0.15, 0.2) is 0 Å². The maximum Gasteiger partial charge on any atom is 0.293 e. The van der Waals surface area contributed by atoms with Crippen molar-refractivity contribution < 1.29 is 14.5 Å². The number of carbonyl (C=O) groups is 1. The number of hydrazone groups is 1. The maximum atomic E-state index is 14.1. The molecule has 41 heavy (non-hydrogen) atoms. The number of rotatable bonds is 5. The van der Waals surface area contributed by atoms with Crippen LogP contribution in [-0.2, 0) is 4.74 Å². The van der Waals surface area contributed by atoms with Crippen LogP contribution in [0.3, 0.4) is 0 Å². The van der Waals surface area contributed by atoms with Crippen LogP contribution in [0.1, 0.15) is 46.8 Å². The summed E-state index contributed by atoms with van der Waals surface area (Å²) in [5, 5.41) is 18.6. The SMILES string of the molecule is O=C(c1ccc(N2CCOCC2)c([N+](=O)[O-])c1)N1N=C2/C(=C\c3ccc(Br)cc3)CCC[C@H]2[C@@H]1c1ccc(Br)cc1. The first-order valence-corrected chi connectivity index (χ1v) is 15.2. The Hall–Kier alpha value is -3.34. The maximum absolute atomic E-state index is 14.1. The highest BCUT2D eigenvalue weighted by atomic mass is 79.9. The molecule has 0 N–H and O–H groups in total. The first kappa shape index (κ1) is 27.8. The molecule has 1 amide bonds. The third-order valence-electron chi connectivity index (χ3n) is 7.90. The third-order valence-corrected chi connectivity index (χ3v) is 8.96. The molecule has 0 bridgehead atoms. The summed E-state index contributed by atoms with van der Waals surface area (Å²) in [6.45, 7) is 2.15. The number of allylic oxidation sites excluding steroid dienone is 1. The van der Waals surface area contributed by atoms with E-state index in [1.165, 1.54) is 6.07 Å². The first-order chi connectivity index (χ1) is 19.9. The molecule has 1 aliphatic carbocycles. The van der Waals surface area contributed by atoms with E-state index in [2.05, 4.69) is 50.1 Å². The van der Waals surface area contributed by atoms with Crippen molar-refractivity contribution in [2.75, 3.05) is 31.2 Å². The Morgan fingerprint density at radius 2 is 1.68 bits per heavy atom. The van der Waals surface area contributed by atoms with Gasteiger partial charge in [0, 0.05) is 39.6 Å². The van der Waals surface area contributed by atoms with Gasteiger partial charge in [0.1, 0.15) is 5.69 Å². The quantitative estimate of drug-likeness (QED) is 0.207. The van der Waals surface area contributed by atoms with Crippen LogP contribution in [0.4, 0.5) is 11.4 Å². The van der Waals surface area contributed by atoms with Crippen LogP contribution in [0.15, 0.2) is 86.3 Å². The van der Waals surface area contributed by atoms with Crippen molar-refractivity contribution in [2.24, 2.45) is 11.0 Å². The van der Waals surface area contributed by atoms with E-state index >= 15 is 0 Å². The van der Waals surface area contributed by atoms with Crippen molar-refractivity contribution in [3.05, 3.63) is 108 Å². The van der Waals surface area contributed by atoms with E-state index in [0.717, 1.165) is 50.6 Å². The largest absolute Gasteiger partial charge is 0.378 e. The summed E-state index contributed by atoms with van der Waals surface area (Å²) in [7, 11) is 0. The number of carbonyl (C=O) groups excluding carboxylic acids is 1. The Morgan fingerprint density at radius 3 is 2.37 bits per heavy atom. The van der Waals surface area contributed by atoms with Crippen LogP contribution in [-0.4, -0.2) is 47.9 Å². The Labute approximate surface area is 255 Å². The van der Waals surface area contributed by atoms with E-state index in [-0.39, 0.29) is 29.1 Å². The van der Waals surface area contributed by atoms with Crippen molar-refractivity contribution in [3.8, 4) is 0 Å². The predicted octanol–water partition coefficient (Wildman–Crippen LogP) is 7.39. The van der Waals surface area contributed by atoms with Gasteiger partial charge < -0.3 is 9.64 Å². The fourth-order valence-electron chi connectivity index (χ4n) is 5.93. The fraction of sp³-hybridized carbons (Fsp3) is 0.290. The van der Waals surface area contributed by atoms with Crippen LogP contribution in [0.5, 0.6) is 0 Å². The summed E-state index contributed by atoms with van der Waals surface area (Å²) in [6.07, 6.45) is 4.92. The van der Waals surface area contributed by atoms with Crippen molar-refractivity contribution in [1.82, 2.24) is 5.01 Å². The summed E-state index contributed by atoms with van der Waals surface area (Å²) in [5.41, 5.74) is 4.76. The van der Waals surface area contributed by atoms with Gasteiger partial charge in [0.05, 0.1) is 29.9 Å². The number of nitro benzene ring substituents is 1. The van der Waals surface area contributed by atoms with Gasteiger partial charge in [-0.15, -0.1) is 0 Å². The Morgan fingerprint density at radius 1 is 1.00 bits per heavy atom. The number of ether oxygens (including phenoxy) is 1. The van der Waals surface area contributed by atoms with Gasteiger partial charge in [-0.1, -0.05) is 56.1 Å². The zero-order valence-electron chi connectivity index (χ0n) is 22.2. The summed E-state index contributed by atoms with van der Waals surface area (Å²) < 4.78 is 7.38. The molecule has 6 rings (SSSR count). The molecule has 0 unspecified atom stereocenters. The van der Waals surface area contributed by atoms with Crippen LogP contribution < -0.4 is 4.90 Å². The summed E-state index contributed by atoms with van der Waals surface area (Å²) in [5.74, 6) is -0.322. The highest BCUT2D eigenvalue weighted by Crippen LogP contribution is 2.45. The molecule has 10 heteroatoms. The van der Waals surface area contributed by atoms with E-state index in [9.17, 15) is 14.9 Å². The van der Waals surface area contributed by atoms with Gasteiger partial charge in [0.2, 0.25) is 0 Å². The van der Waals surface area contributed by atoms with Crippen LogP contribution >= 0.6 is 31.9 Å².